The van der Waals surface area contributed by atoms with Gasteiger partial charge in [-0.25, -0.2) is 27.6 Å². The molecule has 2 N–H and O–H groups in total. The highest BCUT2D eigenvalue weighted by Gasteiger charge is 2.22. The van der Waals surface area contributed by atoms with Crippen LogP contribution in [0.4, 0.5) is 15.9 Å². The van der Waals surface area contributed by atoms with Crippen LogP contribution in [0.5, 0.6) is 0 Å². The number of aromatic nitrogens is 4. The fourth-order valence-electron chi connectivity index (χ4n) is 3.67. The quantitative estimate of drug-likeness (QED) is 0.691. The minimum Gasteiger partial charge on any atom is -0.336 e. The molecule has 0 saturated heterocycles. The number of anilines is 2. The zero-order valence-electron chi connectivity index (χ0n) is 15.3. The number of fused-ring (bicyclic) bond motifs is 1. The smallest absolute Gasteiger partial charge is 0.328 e. The molecule has 1 fully saturated rings. The largest absolute Gasteiger partial charge is 0.336 e. The molecule has 0 spiro atoms. The molecule has 1 aliphatic carbocycles. The lowest BCUT2D eigenvalue weighted by atomic mass is 9.95. The molecule has 0 unspecified atom stereocenters. The van der Waals surface area contributed by atoms with E-state index < -0.39 is 15.7 Å². The van der Waals surface area contributed by atoms with Crippen molar-refractivity contribution in [3.05, 3.63) is 40.8 Å². The SMILES string of the molecule is CS(=O)(=O)c1ccc(Nc2ncnc3c2[nH]c(=O)n3C2CCCCC2)c(F)c1. The highest BCUT2D eigenvalue weighted by atomic mass is 32.2. The number of hydrogen-bond donors (Lipinski definition) is 2. The second-order valence-electron chi connectivity index (χ2n) is 7.05. The highest BCUT2D eigenvalue weighted by Crippen LogP contribution is 2.30. The van der Waals surface area contributed by atoms with Crippen molar-refractivity contribution in [2.45, 2.75) is 43.0 Å². The number of nitrogens with zero attached hydrogens (tertiary/aromatic N) is 3. The number of sulfone groups is 1. The van der Waals surface area contributed by atoms with E-state index in [2.05, 4.69) is 20.3 Å². The van der Waals surface area contributed by atoms with Crippen LogP contribution < -0.4 is 11.0 Å². The third kappa shape index (κ3) is 3.39. The van der Waals surface area contributed by atoms with Gasteiger partial charge in [0.15, 0.2) is 21.3 Å². The van der Waals surface area contributed by atoms with Gasteiger partial charge < -0.3 is 10.3 Å². The van der Waals surface area contributed by atoms with E-state index in [1.807, 2.05) is 0 Å². The minimum absolute atomic E-state index is 0.0543. The van der Waals surface area contributed by atoms with Gasteiger partial charge in [0, 0.05) is 12.3 Å². The van der Waals surface area contributed by atoms with E-state index in [1.54, 1.807) is 4.57 Å². The van der Waals surface area contributed by atoms with Crippen molar-refractivity contribution in [1.29, 1.82) is 0 Å². The van der Waals surface area contributed by atoms with E-state index >= 15 is 0 Å². The van der Waals surface area contributed by atoms with Crippen molar-refractivity contribution >= 4 is 32.5 Å². The molecule has 8 nitrogen and oxygen atoms in total. The van der Waals surface area contributed by atoms with Gasteiger partial charge in [0.05, 0.1) is 10.6 Å². The third-order valence-electron chi connectivity index (χ3n) is 5.07. The first-order valence-corrected chi connectivity index (χ1v) is 11.0. The monoisotopic (exact) mass is 405 g/mol. The van der Waals surface area contributed by atoms with Crippen LogP contribution in [0.25, 0.3) is 11.2 Å². The number of rotatable bonds is 4. The Labute approximate surface area is 160 Å². The molecule has 3 aromatic rings. The summed E-state index contributed by atoms with van der Waals surface area (Å²) >= 11 is 0. The Bertz CT molecular complexity index is 1200. The van der Waals surface area contributed by atoms with Crippen molar-refractivity contribution in [1.82, 2.24) is 19.5 Å². The van der Waals surface area contributed by atoms with Crippen LogP contribution in [0, 0.1) is 5.82 Å². The van der Waals surface area contributed by atoms with Gasteiger partial charge in [0.2, 0.25) is 0 Å². The van der Waals surface area contributed by atoms with Crippen molar-refractivity contribution < 1.29 is 12.8 Å². The Balaban J connectivity index is 1.73. The van der Waals surface area contributed by atoms with E-state index in [0.29, 0.717) is 11.2 Å². The lowest BCUT2D eigenvalue weighted by Crippen LogP contribution is -2.24. The molecule has 0 aliphatic heterocycles. The number of halogens is 1. The van der Waals surface area contributed by atoms with E-state index in [4.69, 9.17) is 0 Å². The molecule has 0 amide bonds. The molecule has 2 heterocycles. The maximum Gasteiger partial charge on any atom is 0.328 e. The molecule has 148 valence electrons. The summed E-state index contributed by atoms with van der Waals surface area (Å²) in [5.41, 5.74) is 0.657. The minimum atomic E-state index is -3.51. The van der Waals surface area contributed by atoms with Crippen LogP contribution in [0.3, 0.4) is 0 Å². The topological polar surface area (TPSA) is 110 Å². The molecule has 1 saturated carbocycles. The second-order valence-corrected chi connectivity index (χ2v) is 9.07. The maximum atomic E-state index is 14.4. The molecule has 4 rings (SSSR count). The Morgan fingerprint density at radius 3 is 2.64 bits per heavy atom. The molecule has 0 atom stereocenters. The first-order chi connectivity index (χ1) is 13.3. The zero-order chi connectivity index (χ0) is 19.9. The average Bonchev–Trinajstić information content (AvgIpc) is 3.00. The Morgan fingerprint density at radius 1 is 1.21 bits per heavy atom. The molecule has 2 aromatic heterocycles. The standard InChI is InChI=1S/C18H20FN5O3S/c1-28(26,27)12-7-8-14(13(19)9-12)22-16-15-17(21-10-20-16)24(18(25)23-15)11-5-3-2-4-6-11/h7-11H,2-6H2,1H3,(H,23,25)(H,20,21,22). The van der Waals surface area contributed by atoms with Gasteiger partial charge in [-0.1, -0.05) is 19.3 Å². The van der Waals surface area contributed by atoms with Crippen LogP contribution in [0.1, 0.15) is 38.1 Å². The van der Waals surface area contributed by atoms with Crippen molar-refractivity contribution in [3.8, 4) is 0 Å². The normalized spacial score (nSPS) is 15.8. The van der Waals surface area contributed by atoms with E-state index in [0.717, 1.165) is 44.4 Å². The fraction of sp³-hybridized carbons (Fsp3) is 0.389. The average molecular weight is 405 g/mol. The Kier molecular flexibility index (Phi) is 4.66. The maximum absolute atomic E-state index is 14.4. The van der Waals surface area contributed by atoms with Crippen molar-refractivity contribution in [3.63, 3.8) is 0 Å². The number of benzene rings is 1. The summed E-state index contributed by atoms with van der Waals surface area (Å²) < 4.78 is 39.2. The van der Waals surface area contributed by atoms with Gasteiger partial charge in [-0.3, -0.25) is 4.57 Å². The predicted molar refractivity (Wildman–Crippen MR) is 103 cm³/mol. The lowest BCUT2D eigenvalue weighted by Gasteiger charge is -2.22. The van der Waals surface area contributed by atoms with Crippen LogP contribution in [0.2, 0.25) is 0 Å². The second kappa shape index (κ2) is 7.01. The van der Waals surface area contributed by atoms with Gasteiger partial charge in [0.1, 0.15) is 17.7 Å². The molecule has 10 heteroatoms. The summed E-state index contributed by atoms with van der Waals surface area (Å²) in [4.78, 5) is 23.6. The number of H-pyrrole nitrogens is 1. The number of hydrogen-bond acceptors (Lipinski definition) is 6. The third-order valence-corrected chi connectivity index (χ3v) is 6.18. The summed E-state index contributed by atoms with van der Waals surface area (Å²) in [5.74, 6) is -0.480. The van der Waals surface area contributed by atoms with Crippen molar-refractivity contribution in [2.24, 2.45) is 0 Å². The van der Waals surface area contributed by atoms with E-state index in [1.165, 1.54) is 18.5 Å². The van der Waals surface area contributed by atoms with Gasteiger partial charge in [0.25, 0.3) is 0 Å². The summed E-state index contributed by atoms with van der Waals surface area (Å²) in [7, 11) is -3.51. The zero-order valence-corrected chi connectivity index (χ0v) is 16.1. The summed E-state index contributed by atoms with van der Waals surface area (Å²) in [6.07, 6.45) is 7.47. The Hall–Kier alpha value is -2.75. The van der Waals surface area contributed by atoms with Crippen LogP contribution in [-0.2, 0) is 9.84 Å². The first kappa shape index (κ1) is 18.6. The van der Waals surface area contributed by atoms with Gasteiger partial charge >= 0.3 is 5.69 Å². The summed E-state index contributed by atoms with van der Waals surface area (Å²) in [5, 5.41) is 2.83. The van der Waals surface area contributed by atoms with Gasteiger partial charge in [-0.05, 0) is 31.0 Å². The predicted octanol–water partition coefficient (Wildman–Crippen LogP) is 2.91. The molecular formula is C18H20FN5O3S. The first-order valence-electron chi connectivity index (χ1n) is 9.06. The highest BCUT2D eigenvalue weighted by molar-refractivity contribution is 7.90. The number of aromatic amines is 1. The van der Waals surface area contributed by atoms with Crippen molar-refractivity contribution in [2.75, 3.05) is 11.6 Å². The summed E-state index contributed by atoms with van der Waals surface area (Å²) in [6, 6.07) is 3.68. The Morgan fingerprint density at radius 2 is 1.96 bits per heavy atom. The van der Waals surface area contributed by atoms with E-state index in [-0.39, 0.29) is 28.1 Å². The summed E-state index contributed by atoms with van der Waals surface area (Å²) in [6.45, 7) is 0. The lowest BCUT2D eigenvalue weighted by molar-refractivity contribution is 0.352. The molecule has 1 aliphatic rings. The van der Waals surface area contributed by atoms with Crippen LogP contribution in [0.15, 0.2) is 34.2 Å². The molecule has 0 radical (unpaired) electrons. The molecule has 1 aromatic carbocycles. The van der Waals surface area contributed by atoms with Crippen LogP contribution in [-0.4, -0.2) is 34.2 Å². The number of nitrogens with one attached hydrogen (secondary N) is 2. The van der Waals surface area contributed by atoms with Gasteiger partial charge in [-0.2, -0.15) is 0 Å². The molecule has 28 heavy (non-hydrogen) atoms. The molecular weight excluding hydrogens is 385 g/mol. The fourth-order valence-corrected chi connectivity index (χ4v) is 4.30. The number of imidazole rings is 1. The molecule has 0 bridgehead atoms. The van der Waals surface area contributed by atoms with E-state index in [9.17, 15) is 17.6 Å². The van der Waals surface area contributed by atoms with Crippen LogP contribution >= 0.6 is 0 Å². The van der Waals surface area contributed by atoms with Gasteiger partial charge in [-0.15, -0.1) is 0 Å².